The first-order valence-corrected chi connectivity index (χ1v) is 7.19. The van der Waals surface area contributed by atoms with Gasteiger partial charge in [0, 0.05) is 23.7 Å². The van der Waals surface area contributed by atoms with Gasteiger partial charge in [-0.15, -0.1) is 10.2 Å². The van der Waals surface area contributed by atoms with Gasteiger partial charge in [0.25, 0.3) is 5.22 Å². The molecule has 0 aliphatic carbocycles. The van der Waals surface area contributed by atoms with Gasteiger partial charge in [-0.3, -0.25) is 4.98 Å². The Bertz CT molecular complexity index is 762. The van der Waals surface area contributed by atoms with Gasteiger partial charge in [0.1, 0.15) is 0 Å². The van der Waals surface area contributed by atoms with Crippen molar-refractivity contribution in [2.75, 3.05) is 0 Å². The van der Waals surface area contributed by atoms with E-state index in [4.69, 9.17) is 9.68 Å². The maximum Gasteiger partial charge on any atom is 0.277 e. The largest absolute Gasteiger partial charge is 0.411 e. The molecule has 0 amide bonds. The molecule has 1 aromatic carbocycles. The molecule has 5 nitrogen and oxygen atoms in total. The summed E-state index contributed by atoms with van der Waals surface area (Å²) < 4.78 is 5.61. The molecule has 0 aliphatic rings. The van der Waals surface area contributed by atoms with Crippen LogP contribution in [0.4, 0.5) is 0 Å². The minimum Gasteiger partial charge on any atom is -0.411 e. The number of pyridine rings is 1. The molecule has 0 fully saturated rings. The molecular formula is C15H10N4OS. The van der Waals surface area contributed by atoms with Gasteiger partial charge >= 0.3 is 0 Å². The van der Waals surface area contributed by atoms with Crippen molar-refractivity contribution in [3.63, 3.8) is 0 Å². The fourth-order valence-electron chi connectivity index (χ4n) is 1.70. The first kappa shape index (κ1) is 13.3. The van der Waals surface area contributed by atoms with Crippen molar-refractivity contribution >= 4 is 11.8 Å². The van der Waals surface area contributed by atoms with E-state index in [1.54, 1.807) is 36.7 Å². The highest BCUT2D eigenvalue weighted by Gasteiger charge is 2.09. The van der Waals surface area contributed by atoms with Gasteiger partial charge in [-0.25, -0.2) is 0 Å². The summed E-state index contributed by atoms with van der Waals surface area (Å²) in [5, 5.41) is 17.3. The number of nitriles is 1. The molecule has 6 heteroatoms. The standard InChI is InChI=1S/C15H10N4OS/c16-9-11-1-3-13(4-2-11)14-18-19-15(20-14)21-10-12-5-7-17-8-6-12/h1-8H,10H2. The highest BCUT2D eigenvalue weighted by atomic mass is 32.2. The van der Waals surface area contributed by atoms with E-state index in [1.807, 2.05) is 12.1 Å². The molecule has 0 radical (unpaired) electrons. The van der Waals surface area contributed by atoms with Crippen molar-refractivity contribution in [2.45, 2.75) is 11.0 Å². The Labute approximate surface area is 125 Å². The van der Waals surface area contributed by atoms with Crippen LogP contribution >= 0.6 is 11.8 Å². The molecule has 3 aromatic rings. The van der Waals surface area contributed by atoms with Crippen molar-refractivity contribution in [2.24, 2.45) is 0 Å². The Morgan fingerprint density at radius 3 is 2.52 bits per heavy atom. The smallest absolute Gasteiger partial charge is 0.277 e. The zero-order chi connectivity index (χ0) is 14.5. The van der Waals surface area contributed by atoms with Crippen LogP contribution in [0.15, 0.2) is 58.4 Å². The van der Waals surface area contributed by atoms with Gasteiger partial charge in [-0.1, -0.05) is 11.8 Å². The maximum absolute atomic E-state index is 8.77. The molecule has 0 unspecified atom stereocenters. The molecule has 3 rings (SSSR count). The lowest BCUT2D eigenvalue weighted by molar-refractivity contribution is 0.466. The van der Waals surface area contributed by atoms with Gasteiger partial charge in [0.05, 0.1) is 11.6 Å². The zero-order valence-electron chi connectivity index (χ0n) is 10.9. The second-order valence-electron chi connectivity index (χ2n) is 4.21. The van der Waals surface area contributed by atoms with Crippen LogP contribution in [-0.4, -0.2) is 15.2 Å². The Morgan fingerprint density at radius 1 is 1.05 bits per heavy atom. The van der Waals surface area contributed by atoms with Crippen LogP contribution in [0.25, 0.3) is 11.5 Å². The molecule has 0 spiro atoms. The monoisotopic (exact) mass is 294 g/mol. The molecule has 21 heavy (non-hydrogen) atoms. The van der Waals surface area contributed by atoms with E-state index in [1.165, 1.54) is 11.8 Å². The number of thioether (sulfide) groups is 1. The lowest BCUT2D eigenvalue weighted by Gasteiger charge is -1.96. The molecule has 102 valence electrons. The van der Waals surface area contributed by atoms with Crippen molar-refractivity contribution < 1.29 is 4.42 Å². The van der Waals surface area contributed by atoms with E-state index in [0.29, 0.717) is 16.7 Å². The summed E-state index contributed by atoms with van der Waals surface area (Å²) in [6, 6.07) is 13.0. The van der Waals surface area contributed by atoms with Gasteiger partial charge in [0.15, 0.2) is 0 Å². The second-order valence-corrected chi connectivity index (χ2v) is 5.13. The first-order valence-electron chi connectivity index (χ1n) is 6.21. The summed E-state index contributed by atoms with van der Waals surface area (Å²) in [7, 11) is 0. The number of benzene rings is 1. The van der Waals surface area contributed by atoms with Gasteiger partial charge < -0.3 is 4.42 Å². The van der Waals surface area contributed by atoms with E-state index < -0.39 is 0 Å². The number of hydrogen-bond donors (Lipinski definition) is 0. The third-order valence-electron chi connectivity index (χ3n) is 2.78. The second kappa shape index (κ2) is 6.20. The normalized spacial score (nSPS) is 10.2. The van der Waals surface area contributed by atoms with E-state index in [-0.39, 0.29) is 0 Å². The van der Waals surface area contributed by atoms with Crippen LogP contribution in [0.5, 0.6) is 0 Å². The predicted molar refractivity (Wildman–Crippen MR) is 78.2 cm³/mol. The number of rotatable bonds is 4. The molecular weight excluding hydrogens is 284 g/mol. The maximum atomic E-state index is 8.77. The Balaban J connectivity index is 1.69. The fourth-order valence-corrected chi connectivity index (χ4v) is 2.42. The average molecular weight is 294 g/mol. The lowest BCUT2D eigenvalue weighted by atomic mass is 10.1. The SMILES string of the molecule is N#Cc1ccc(-c2nnc(SCc3ccncc3)o2)cc1. The minimum absolute atomic E-state index is 0.455. The molecule has 0 bridgehead atoms. The minimum atomic E-state index is 0.455. The number of hydrogen-bond acceptors (Lipinski definition) is 6. The summed E-state index contributed by atoms with van der Waals surface area (Å²) in [5.41, 5.74) is 2.55. The van der Waals surface area contributed by atoms with Crippen LogP contribution in [0, 0.1) is 11.3 Å². The Morgan fingerprint density at radius 2 is 1.81 bits per heavy atom. The molecule has 0 saturated carbocycles. The highest BCUT2D eigenvalue weighted by Crippen LogP contribution is 2.25. The molecule has 0 N–H and O–H groups in total. The van der Waals surface area contributed by atoms with Gasteiger partial charge in [0.2, 0.25) is 5.89 Å². The Hall–Kier alpha value is -2.65. The predicted octanol–water partition coefficient (Wildman–Crippen LogP) is 3.30. The van der Waals surface area contributed by atoms with Gasteiger partial charge in [-0.05, 0) is 42.0 Å². The van der Waals surface area contributed by atoms with Crippen LogP contribution in [0.3, 0.4) is 0 Å². The van der Waals surface area contributed by atoms with Crippen molar-refractivity contribution in [3.05, 3.63) is 59.9 Å². The van der Waals surface area contributed by atoms with Crippen LogP contribution < -0.4 is 0 Å². The van der Waals surface area contributed by atoms with E-state index in [2.05, 4.69) is 21.3 Å². The summed E-state index contributed by atoms with van der Waals surface area (Å²) in [6.45, 7) is 0. The molecule has 0 atom stereocenters. The summed E-state index contributed by atoms with van der Waals surface area (Å²) >= 11 is 1.48. The Kier molecular flexibility index (Phi) is 3.94. The fraction of sp³-hybridized carbons (Fsp3) is 0.0667. The summed E-state index contributed by atoms with van der Waals surface area (Å²) in [6.07, 6.45) is 3.51. The van der Waals surface area contributed by atoms with Crippen LogP contribution in [0.2, 0.25) is 0 Å². The van der Waals surface area contributed by atoms with Crippen molar-refractivity contribution in [3.8, 4) is 17.5 Å². The lowest BCUT2D eigenvalue weighted by Crippen LogP contribution is -1.80. The van der Waals surface area contributed by atoms with Crippen LogP contribution in [0.1, 0.15) is 11.1 Å². The van der Waals surface area contributed by atoms with E-state index >= 15 is 0 Å². The molecule has 0 saturated heterocycles. The van der Waals surface area contributed by atoms with E-state index in [0.717, 1.165) is 16.9 Å². The third-order valence-corrected chi connectivity index (χ3v) is 3.67. The van der Waals surface area contributed by atoms with Crippen molar-refractivity contribution in [1.82, 2.24) is 15.2 Å². The van der Waals surface area contributed by atoms with Crippen molar-refractivity contribution in [1.29, 1.82) is 5.26 Å². The molecule has 0 aliphatic heterocycles. The van der Waals surface area contributed by atoms with Crippen LogP contribution in [-0.2, 0) is 5.75 Å². The number of nitrogens with zero attached hydrogens (tertiary/aromatic N) is 4. The van der Waals surface area contributed by atoms with Gasteiger partial charge in [-0.2, -0.15) is 5.26 Å². The number of aromatic nitrogens is 3. The summed E-state index contributed by atoms with van der Waals surface area (Å²) in [5.74, 6) is 1.20. The highest BCUT2D eigenvalue weighted by molar-refractivity contribution is 7.98. The molecule has 2 aromatic heterocycles. The zero-order valence-corrected chi connectivity index (χ0v) is 11.7. The first-order chi connectivity index (χ1) is 10.3. The van der Waals surface area contributed by atoms with E-state index in [9.17, 15) is 0 Å². The quantitative estimate of drug-likeness (QED) is 0.687. The summed E-state index contributed by atoms with van der Waals surface area (Å²) in [4.78, 5) is 3.97. The third kappa shape index (κ3) is 3.27. The molecule has 2 heterocycles. The topological polar surface area (TPSA) is 75.6 Å². The average Bonchev–Trinajstić information content (AvgIpc) is 3.03.